The number of piperidine rings is 1. The second-order valence-corrected chi connectivity index (χ2v) is 15.3. The van der Waals surface area contributed by atoms with Crippen LogP contribution in [0.5, 0.6) is 5.75 Å². The summed E-state index contributed by atoms with van der Waals surface area (Å²) in [5, 5.41) is 5.53. The van der Waals surface area contributed by atoms with Crippen LogP contribution in [0.15, 0.2) is 66.9 Å². The van der Waals surface area contributed by atoms with Crippen LogP contribution in [-0.4, -0.2) is 114 Å². The second-order valence-electron chi connectivity index (χ2n) is 15.3. The van der Waals surface area contributed by atoms with Crippen molar-refractivity contribution in [3.8, 4) is 17.6 Å². The summed E-state index contributed by atoms with van der Waals surface area (Å²) >= 11 is 0. The van der Waals surface area contributed by atoms with Crippen LogP contribution in [0.2, 0.25) is 0 Å². The zero-order valence-electron chi connectivity index (χ0n) is 34.2. The Hall–Kier alpha value is -7.28. The van der Waals surface area contributed by atoms with Gasteiger partial charge in [-0.25, -0.2) is 4.98 Å². The van der Waals surface area contributed by atoms with Crippen molar-refractivity contribution in [3.63, 3.8) is 0 Å². The first-order valence-electron chi connectivity index (χ1n) is 20.3. The molecule has 0 saturated carbocycles. The first kappa shape index (κ1) is 40.5. The lowest BCUT2D eigenvalue weighted by Gasteiger charge is -2.35. The van der Waals surface area contributed by atoms with Crippen LogP contribution >= 0.6 is 0 Å². The van der Waals surface area contributed by atoms with Gasteiger partial charge in [0.25, 0.3) is 17.7 Å². The fourth-order valence-corrected chi connectivity index (χ4v) is 8.16. The van der Waals surface area contributed by atoms with Gasteiger partial charge in [0.2, 0.25) is 23.7 Å². The normalized spacial score (nSPS) is 17.2. The Morgan fingerprint density at radius 3 is 2.44 bits per heavy atom. The van der Waals surface area contributed by atoms with Gasteiger partial charge in [0.05, 0.1) is 30.2 Å². The monoisotopic (exact) mass is 823 g/mol. The highest BCUT2D eigenvalue weighted by molar-refractivity contribution is 6.13. The quantitative estimate of drug-likeness (QED) is 0.140. The van der Waals surface area contributed by atoms with Crippen LogP contribution in [0.3, 0.4) is 0 Å². The fraction of sp³-hybridized carbons (Fsp3) is 0.333. The van der Waals surface area contributed by atoms with Crippen molar-refractivity contribution in [3.05, 3.63) is 94.7 Å². The molecule has 6 amide bonds. The van der Waals surface area contributed by atoms with Gasteiger partial charge in [0, 0.05) is 82.8 Å². The van der Waals surface area contributed by atoms with E-state index in [1.807, 2.05) is 36.2 Å². The SMILES string of the molecule is COc1cc(C(=O)N2CCN(C(=O)CCCCC#Cc3cccc4c3CN(C3CCC(=O)NC3=O)C4=O)CC2)ccc1Nc1ncc2c(n1)N(C)c1ccccc1C(=O)N2C. The summed E-state index contributed by atoms with van der Waals surface area (Å²) in [5.74, 6) is 6.33. The Balaban J connectivity index is 0.809. The first-order chi connectivity index (χ1) is 29.5. The molecule has 4 aromatic rings. The summed E-state index contributed by atoms with van der Waals surface area (Å²) in [5.41, 5.74) is 4.89. The van der Waals surface area contributed by atoms with Gasteiger partial charge in [-0.05, 0) is 67.3 Å². The van der Waals surface area contributed by atoms with Crippen LogP contribution in [0, 0.1) is 11.8 Å². The highest BCUT2D eigenvalue weighted by Crippen LogP contribution is 2.39. The minimum atomic E-state index is -0.680. The molecule has 0 bridgehead atoms. The fourth-order valence-electron chi connectivity index (χ4n) is 8.16. The number of benzene rings is 3. The smallest absolute Gasteiger partial charge is 0.260 e. The number of unbranched alkanes of at least 4 members (excludes halogenated alkanes) is 2. The number of carbonyl (C=O) groups is 6. The summed E-state index contributed by atoms with van der Waals surface area (Å²) < 4.78 is 5.66. The van der Waals surface area contributed by atoms with Gasteiger partial charge in [0.15, 0.2) is 5.82 Å². The minimum absolute atomic E-state index is 0.0405. The van der Waals surface area contributed by atoms with Crippen LogP contribution in [-0.2, 0) is 20.9 Å². The third kappa shape index (κ3) is 8.06. The number of aromatic nitrogens is 2. The number of carbonyl (C=O) groups excluding carboxylic acids is 6. The molecule has 0 aliphatic carbocycles. The topological polar surface area (TPSA) is 178 Å². The average Bonchev–Trinajstić information content (AvgIpc) is 3.59. The predicted octanol–water partition coefficient (Wildman–Crippen LogP) is 4.24. The lowest BCUT2D eigenvalue weighted by Crippen LogP contribution is -2.52. The molecule has 5 heterocycles. The van der Waals surface area contributed by atoms with Crippen LogP contribution in [0.4, 0.5) is 28.8 Å². The van der Waals surface area contributed by atoms with E-state index < -0.39 is 11.9 Å². The Labute approximate surface area is 352 Å². The number of fused-ring (bicyclic) bond motifs is 3. The standard InChI is InChI=1S/C45H45N9O7/c1-50-34-15-9-8-13-31(34)43(59)51(2)36-26-46-45(49-40(36)50)47-33-18-17-29(25-37(33)61-3)42(58)53-23-21-52(22-24-53)39(56)16-7-5-4-6-11-28-12-10-14-30-32(28)27-54(44(30)60)35-19-20-38(55)48-41(35)57/h8-10,12-15,17-18,25-26,35H,4-5,7,16,19-24,27H2,1-3H3,(H,46,47,49)(H,48,55,57). The summed E-state index contributed by atoms with van der Waals surface area (Å²) in [4.78, 5) is 94.6. The van der Waals surface area contributed by atoms with Crippen molar-refractivity contribution in [1.82, 2.24) is 30.0 Å². The van der Waals surface area contributed by atoms with Gasteiger partial charge < -0.3 is 34.6 Å². The molecule has 61 heavy (non-hydrogen) atoms. The molecule has 0 spiro atoms. The maximum atomic E-state index is 13.6. The Bertz CT molecular complexity index is 2520. The molecule has 4 aliphatic rings. The number of piperazine rings is 1. The van der Waals surface area contributed by atoms with E-state index in [0.29, 0.717) is 91.5 Å². The Morgan fingerprint density at radius 1 is 0.885 bits per heavy atom. The van der Waals surface area contributed by atoms with E-state index in [2.05, 4.69) is 27.5 Å². The molecule has 1 atom stereocenters. The van der Waals surface area contributed by atoms with Gasteiger partial charge in [0.1, 0.15) is 17.5 Å². The minimum Gasteiger partial charge on any atom is -0.495 e. The number of nitrogens with one attached hydrogen (secondary N) is 2. The number of amides is 6. The molecular weight excluding hydrogens is 779 g/mol. The molecule has 8 rings (SSSR count). The summed E-state index contributed by atoms with van der Waals surface area (Å²) in [7, 11) is 5.06. The maximum absolute atomic E-state index is 13.6. The lowest BCUT2D eigenvalue weighted by molar-refractivity contribution is -0.137. The van der Waals surface area contributed by atoms with Crippen molar-refractivity contribution >= 4 is 64.3 Å². The van der Waals surface area contributed by atoms with Crippen molar-refractivity contribution in [1.29, 1.82) is 0 Å². The molecule has 16 heteroatoms. The molecule has 1 aromatic heterocycles. The molecule has 1 unspecified atom stereocenters. The molecular formula is C45H45N9O7. The molecule has 2 saturated heterocycles. The zero-order chi connectivity index (χ0) is 42.8. The van der Waals surface area contributed by atoms with Crippen LogP contribution in [0.1, 0.15) is 80.7 Å². The highest BCUT2D eigenvalue weighted by Gasteiger charge is 2.40. The van der Waals surface area contributed by atoms with Crippen molar-refractivity contribution in [2.45, 2.75) is 51.1 Å². The van der Waals surface area contributed by atoms with Gasteiger partial charge in [-0.3, -0.25) is 34.1 Å². The number of rotatable bonds is 9. The molecule has 3 aromatic carbocycles. The lowest BCUT2D eigenvalue weighted by atomic mass is 10.0. The van der Waals surface area contributed by atoms with Crippen LogP contribution < -0.4 is 25.2 Å². The van der Waals surface area contributed by atoms with Gasteiger partial charge >= 0.3 is 0 Å². The number of imide groups is 1. The summed E-state index contributed by atoms with van der Waals surface area (Å²) in [6.07, 6.45) is 4.44. The molecule has 312 valence electrons. The van der Waals surface area contributed by atoms with Crippen LogP contribution in [0.25, 0.3) is 0 Å². The number of hydrogen-bond donors (Lipinski definition) is 2. The average molecular weight is 824 g/mol. The number of hydrogen-bond acceptors (Lipinski definition) is 11. The number of ether oxygens (including phenoxy) is 1. The maximum Gasteiger partial charge on any atom is 0.260 e. The summed E-state index contributed by atoms with van der Waals surface area (Å²) in [6, 6.07) is 17.2. The number of para-hydroxylation sites is 1. The Morgan fingerprint density at radius 2 is 1.66 bits per heavy atom. The van der Waals surface area contributed by atoms with E-state index in [4.69, 9.17) is 9.72 Å². The summed E-state index contributed by atoms with van der Waals surface area (Å²) in [6.45, 7) is 1.94. The van der Waals surface area contributed by atoms with E-state index in [0.717, 1.165) is 23.2 Å². The van der Waals surface area contributed by atoms with Gasteiger partial charge in [-0.15, -0.1) is 0 Å². The molecule has 2 fully saturated rings. The van der Waals surface area contributed by atoms with Gasteiger partial charge in [-0.2, -0.15) is 4.98 Å². The highest BCUT2D eigenvalue weighted by atomic mass is 16.5. The van der Waals surface area contributed by atoms with E-state index in [-0.39, 0.29) is 48.4 Å². The number of anilines is 5. The van der Waals surface area contributed by atoms with Crippen molar-refractivity contribution < 1.29 is 33.5 Å². The second kappa shape index (κ2) is 17.1. The number of nitrogens with zero attached hydrogens (tertiary/aromatic N) is 7. The molecule has 4 aliphatic heterocycles. The largest absolute Gasteiger partial charge is 0.495 e. The first-order valence-corrected chi connectivity index (χ1v) is 20.3. The molecule has 2 N–H and O–H groups in total. The third-order valence-electron chi connectivity index (χ3n) is 11.6. The van der Waals surface area contributed by atoms with E-state index >= 15 is 0 Å². The van der Waals surface area contributed by atoms with Crippen molar-refractivity contribution in [2.24, 2.45) is 0 Å². The molecule has 0 radical (unpaired) electrons. The van der Waals surface area contributed by atoms with E-state index in [1.165, 1.54) is 16.9 Å². The number of methoxy groups -OCH3 is 1. The van der Waals surface area contributed by atoms with E-state index in [1.54, 1.807) is 59.4 Å². The Kier molecular flexibility index (Phi) is 11.4. The van der Waals surface area contributed by atoms with E-state index in [9.17, 15) is 28.8 Å². The zero-order valence-corrected chi connectivity index (χ0v) is 34.2. The molecule has 16 nitrogen and oxygen atoms in total. The van der Waals surface area contributed by atoms with Gasteiger partial charge in [-0.1, -0.05) is 30.0 Å². The van der Waals surface area contributed by atoms with Crippen molar-refractivity contribution in [2.75, 3.05) is 62.5 Å². The predicted molar refractivity (Wildman–Crippen MR) is 226 cm³/mol. The third-order valence-corrected chi connectivity index (χ3v) is 11.6.